The van der Waals surface area contributed by atoms with Crippen LogP contribution in [0.1, 0.15) is 39.8 Å². The summed E-state index contributed by atoms with van der Waals surface area (Å²) in [5, 5.41) is 10.4. The van der Waals surface area contributed by atoms with Crippen LogP contribution in [0, 0.1) is 0 Å². The molecule has 0 spiro atoms. The van der Waals surface area contributed by atoms with Gasteiger partial charge in [-0.05, 0) is 24.8 Å². The highest BCUT2D eigenvalue weighted by Crippen LogP contribution is 2.23. The first kappa shape index (κ1) is 14.7. The largest absolute Gasteiger partial charge is 0.342 e. The number of aryl methyl sites for hydroxylation is 1. The number of rotatable bonds is 5. The Morgan fingerprint density at radius 3 is 2.96 bits per heavy atom. The predicted molar refractivity (Wildman–Crippen MR) is 89.5 cm³/mol. The van der Waals surface area contributed by atoms with Crippen LogP contribution < -0.4 is 5.32 Å². The van der Waals surface area contributed by atoms with E-state index in [4.69, 9.17) is 0 Å². The minimum Gasteiger partial charge on any atom is -0.342 e. The number of benzene rings is 1. The highest BCUT2D eigenvalue weighted by atomic mass is 16.2. The van der Waals surface area contributed by atoms with Crippen molar-refractivity contribution in [2.24, 2.45) is 0 Å². The van der Waals surface area contributed by atoms with Crippen LogP contribution in [-0.2, 0) is 19.4 Å². The summed E-state index contributed by atoms with van der Waals surface area (Å²) in [6, 6.07) is 9.85. The Hall–Kier alpha value is -2.89. The monoisotopic (exact) mass is 321 g/mol. The Morgan fingerprint density at radius 2 is 2.17 bits per heavy atom. The van der Waals surface area contributed by atoms with Crippen molar-refractivity contribution in [3.8, 4) is 0 Å². The van der Waals surface area contributed by atoms with Crippen LogP contribution in [0.3, 0.4) is 0 Å². The van der Waals surface area contributed by atoms with Gasteiger partial charge < -0.3 is 9.88 Å². The number of imidazole rings is 1. The second kappa shape index (κ2) is 6.31. The number of nitrogens with one attached hydrogen (secondary N) is 2. The quantitative estimate of drug-likeness (QED) is 0.757. The molecule has 0 aliphatic heterocycles. The fourth-order valence-corrected chi connectivity index (χ4v) is 3.26. The normalized spacial score (nSPS) is 14.3. The number of nitrogens with zero attached hydrogens (tertiary/aromatic N) is 3. The molecule has 0 fully saturated rings. The SMILES string of the molecule is O=C(N[C@@H](Cn1ccnc1)c1ccccc1)c1n[nH]c2c1CCC2. The van der Waals surface area contributed by atoms with E-state index >= 15 is 0 Å². The summed E-state index contributed by atoms with van der Waals surface area (Å²) in [6.07, 6.45) is 8.38. The van der Waals surface area contributed by atoms with Crippen molar-refractivity contribution < 1.29 is 4.79 Å². The summed E-state index contributed by atoms with van der Waals surface area (Å²) >= 11 is 0. The number of amides is 1. The van der Waals surface area contributed by atoms with Crippen molar-refractivity contribution in [3.05, 3.63) is 71.6 Å². The molecule has 2 aromatic heterocycles. The molecule has 0 unspecified atom stereocenters. The van der Waals surface area contributed by atoms with Gasteiger partial charge in [-0.1, -0.05) is 30.3 Å². The van der Waals surface area contributed by atoms with Gasteiger partial charge in [0.2, 0.25) is 0 Å². The maximum Gasteiger partial charge on any atom is 0.272 e. The van der Waals surface area contributed by atoms with E-state index in [1.54, 1.807) is 12.5 Å². The molecule has 1 aliphatic carbocycles. The van der Waals surface area contributed by atoms with Gasteiger partial charge in [-0.25, -0.2) is 4.98 Å². The average Bonchev–Trinajstić information content (AvgIpc) is 3.33. The van der Waals surface area contributed by atoms with E-state index in [0.717, 1.165) is 36.1 Å². The molecule has 0 saturated heterocycles. The lowest BCUT2D eigenvalue weighted by molar-refractivity contribution is 0.0926. The second-order valence-corrected chi connectivity index (χ2v) is 6.08. The molecule has 1 aliphatic rings. The molecule has 24 heavy (non-hydrogen) atoms. The van der Waals surface area contributed by atoms with Gasteiger partial charge in [0.15, 0.2) is 5.69 Å². The third-order valence-corrected chi connectivity index (χ3v) is 4.48. The minimum atomic E-state index is -0.137. The molecule has 6 heteroatoms. The molecule has 0 radical (unpaired) electrons. The first-order valence-corrected chi connectivity index (χ1v) is 8.19. The number of carbonyl (C=O) groups excluding carboxylic acids is 1. The Labute approximate surface area is 139 Å². The number of carbonyl (C=O) groups is 1. The fourth-order valence-electron chi connectivity index (χ4n) is 3.26. The molecule has 4 rings (SSSR count). The third-order valence-electron chi connectivity index (χ3n) is 4.48. The van der Waals surface area contributed by atoms with Crippen LogP contribution in [0.15, 0.2) is 49.1 Å². The lowest BCUT2D eigenvalue weighted by Crippen LogP contribution is -2.32. The zero-order chi connectivity index (χ0) is 16.4. The number of fused-ring (bicyclic) bond motifs is 1. The molecule has 1 amide bonds. The summed E-state index contributed by atoms with van der Waals surface area (Å²) in [5.74, 6) is -0.122. The van der Waals surface area contributed by atoms with E-state index in [-0.39, 0.29) is 11.9 Å². The molecule has 0 saturated carbocycles. The smallest absolute Gasteiger partial charge is 0.272 e. The van der Waals surface area contributed by atoms with Gasteiger partial charge >= 0.3 is 0 Å². The van der Waals surface area contributed by atoms with Crippen molar-refractivity contribution in [2.45, 2.75) is 31.8 Å². The third kappa shape index (κ3) is 2.82. The van der Waals surface area contributed by atoms with Gasteiger partial charge in [0, 0.05) is 30.2 Å². The van der Waals surface area contributed by atoms with Crippen LogP contribution in [0.4, 0.5) is 0 Å². The zero-order valence-corrected chi connectivity index (χ0v) is 13.3. The maximum atomic E-state index is 12.8. The molecule has 1 aromatic carbocycles. The summed E-state index contributed by atoms with van der Waals surface area (Å²) in [4.78, 5) is 16.8. The van der Waals surface area contributed by atoms with Crippen LogP contribution >= 0.6 is 0 Å². The van der Waals surface area contributed by atoms with Gasteiger partial charge in [-0.2, -0.15) is 5.10 Å². The van der Waals surface area contributed by atoms with Crippen LogP contribution in [0.5, 0.6) is 0 Å². The van der Waals surface area contributed by atoms with Crippen molar-refractivity contribution >= 4 is 5.91 Å². The minimum absolute atomic E-state index is 0.122. The molecule has 1 atom stereocenters. The molecule has 6 nitrogen and oxygen atoms in total. The van der Waals surface area contributed by atoms with E-state index in [9.17, 15) is 4.79 Å². The Kier molecular flexibility index (Phi) is 3.86. The highest BCUT2D eigenvalue weighted by Gasteiger charge is 2.25. The van der Waals surface area contributed by atoms with Gasteiger partial charge in [-0.3, -0.25) is 9.89 Å². The summed E-state index contributed by atoms with van der Waals surface area (Å²) in [5.41, 5.74) is 3.77. The van der Waals surface area contributed by atoms with Gasteiger partial charge in [0.1, 0.15) is 0 Å². The second-order valence-electron chi connectivity index (χ2n) is 6.08. The first-order valence-electron chi connectivity index (χ1n) is 8.19. The summed E-state index contributed by atoms with van der Waals surface area (Å²) in [6.45, 7) is 0.627. The molecular formula is C18H19N5O. The van der Waals surface area contributed by atoms with E-state index in [0.29, 0.717) is 12.2 Å². The number of aromatic nitrogens is 4. The number of hydrogen-bond donors (Lipinski definition) is 2. The number of aromatic amines is 1. The Balaban J connectivity index is 1.58. The van der Waals surface area contributed by atoms with Crippen molar-refractivity contribution in [1.82, 2.24) is 25.1 Å². The summed E-state index contributed by atoms with van der Waals surface area (Å²) < 4.78 is 1.97. The van der Waals surface area contributed by atoms with Crippen LogP contribution in [0.2, 0.25) is 0 Å². The van der Waals surface area contributed by atoms with Crippen LogP contribution in [-0.4, -0.2) is 25.7 Å². The Bertz CT molecular complexity index is 822. The molecular weight excluding hydrogens is 302 g/mol. The first-order chi connectivity index (χ1) is 11.8. The number of hydrogen-bond acceptors (Lipinski definition) is 3. The fraction of sp³-hybridized carbons (Fsp3) is 0.278. The van der Waals surface area contributed by atoms with E-state index in [1.165, 1.54) is 0 Å². The van der Waals surface area contributed by atoms with E-state index in [1.807, 2.05) is 41.1 Å². The molecule has 0 bridgehead atoms. The molecule has 2 heterocycles. The van der Waals surface area contributed by atoms with Crippen molar-refractivity contribution in [1.29, 1.82) is 0 Å². The highest BCUT2D eigenvalue weighted by molar-refractivity contribution is 5.94. The summed E-state index contributed by atoms with van der Waals surface area (Å²) in [7, 11) is 0. The zero-order valence-electron chi connectivity index (χ0n) is 13.3. The molecule has 122 valence electrons. The van der Waals surface area contributed by atoms with E-state index in [2.05, 4.69) is 20.5 Å². The van der Waals surface area contributed by atoms with Gasteiger partial charge in [0.25, 0.3) is 5.91 Å². The van der Waals surface area contributed by atoms with Crippen molar-refractivity contribution in [3.63, 3.8) is 0 Å². The topological polar surface area (TPSA) is 75.6 Å². The molecule has 3 aromatic rings. The van der Waals surface area contributed by atoms with Crippen molar-refractivity contribution in [2.75, 3.05) is 0 Å². The number of H-pyrrole nitrogens is 1. The molecule has 2 N–H and O–H groups in total. The predicted octanol–water partition coefficient (Wildman–Crippen LogP) is 2.27. The maximum absolute atomic E-state index is 12.8. The lowest BCUT2D eigenvalue weighted by Gasteiger charge is -2.19. The van der Waals surface area contributed by atoms with E-state index < -0.39 is 0 Å². The lowest BCUT2D eigenvalue weighted by atomic mass is 10.1. The Morgan fingerprint density at radius 1 is 1.29 bits per heavy atom. The standard InChI is InChI=1S/C18H19N5O/c24-18(17-14-7-4-8-15(14)21-22-17)20-16(11-23-10-9-19-12-23)13-5-2-1-3-6-13/h1-3,5-6,9-10,12,16H,4,7-8,11H2,(H,20,24)(H,21,22)/t16-/m0/s1. The van der Waals surface area contributed by atoms with Gasteiger partial charge in [0.05, 0.1) is 12.4 Å². The van der Waals surface area contributed by atoms with Crippen LogP contribution in [0.25, 0.3) is 0 Å². The average molecular weight is 321 g/mol. The van der Waals surface area contributed by atoms with Gasteiger partial charge in [-0.15, -0.1) is 0 Å².